The third-order valence-electron chi connectivity index (χ3n) is 5.09. The predicted octanol–water partition coefficient (Wildman–Crippen LogP) is 3.88. The van der Waals surface area contributed by atoms with Gasteiger partial charge in [-0.2, -0.15) is 0 Å². The molecule has 6 nitrogen and oxygen atoms in total. The molecule has 1 saturated carbocycles. The lowest BCUT2D eigenvalue weighted by Gasteiger charge is -2.36. The molecule has 1 unspecified atom stereocenters. The number of piperidine rings is 1. The summed E-state index contributed by atoms with van der Waals surface area (Å²) in [6.07, 6.45) is 6.66. The number of amides is 1. The Balaban J connectivity index is 1.92. The number of carbonyl (C=O) groups excluding carboxylic acids is 2. The quantitative estimate of drug-likeness (QED) is 0.706. The Morgan fingerprint density at radius 1 is 1.11 bits per heavy atom. The van der Waals surface area contributed by atoms with E-state index in [1.54, 1.807) is 4.90 Å². The van der Waals surface area contributed by atoms with Crippen LogP contribution < -0.4 is 5.32 Å². The fourth-order valence-corrected chi connectivity index (χ4v) is 3.85. The van der Waals surface area contributed by atoms with Crippen molar-refractivity contribution in [3.8, 4) is 0 Å². The number of likely N-dealkylation sites (tertiary alicyclic amines) is 1. The van der Waals surface area contributed by atoms with Gasteiger partial charge in [0.25, 0.3) is 0 Å². The van der Waals surface area contributed by atoms with Crippen molar-refractivity contribution in [1.82, 2.24) is 10.2 Å². The maximum absolute atomic E-state index is 12.7. The Morgan fingerprint density at radius 3 is 2.37 bits per heavy atom. The smallest absolute Gasteiger partial charge is 0.410 e. The third kappa shape index (κ3) is 7.68. The zero-order valence-corrected chi connectivity index (χ0v) is 17.8. The first-order valence-corrected chi connectivity index (χ1v) is 10.6. The monoisotopic (exact) mass is 382 g/mol. The largest absolute Gasteiger partial charge is 0.461 e. The van der Waals surface area contributed by atoms with E-state index in [0.717, 1.165) is 44.9 Å². The van der Waals surface area contributed by atoms with Gasteiger partial charge < -0.3 is 14.4 Å². The van der Waals surface area contributed by atoms with Crippen LogP contribution in [0.2, 0.25) is 0 Å². The molecule has 0 spiro atoms. The van der Waals surface area contributed by atoms with Crippen LogP contribution in [0.5, 0.6) is 0 Å². The van der Waals surface area contributed by atoms with Crippen molar-refractivity contribution in [3.05, 3.63) is 0 Å². The lowest BCUT2D eigenvalue weighted by atomic mass is 10.00. The van der Waals surface area contributed by atoms with Crippen molar-refractivity contribution in [2.24, 2.45) is 5.92 Å². The zero-order valence-electron chi connectivity index (χ0n) is 17.8. The molecule has 2 fully saturated rings. The van der Waals surface area contributed by atoms with E-state index in [-0.39, 0.29) is 30.3 Å². The first-order valence-electron chi connectivity index (χ1n) is 10.6. The second kappa shape index (κ2) is 9.76. The molecule has 156 valence electrons. The van der Waals surface area contributed by atoms with Gasteiger partial charge in [0.15, 0.2) is 0 Å². The Bertz CT molecular complexity index is 495. The molecule has 1 amide bonds. The molecular formula is C21H38N2O4. The van der Waals surface area contributed by atoms with Crippen molar-refractivity contribution < 1.29 is 19.1 Å². The highest BCUT2D eigenvalue weighted by Crippen LogP contribution is 2.23. The molecule has 1 aliphatic heterocycles. The van der Waals surface area contributed by atoms with E-state index in [9.17, 15) is 9.59 Å². The first kappa shape index (κ1) is 22.0. The Hall–Kier alpha value is -1.30. The summed E-state index contributed by atoms with van der Waals surface area (Å²) in [5.41, 5.74) is -0.497. The van der Waals surface area contributed by atoms with E-state index in [4.69, 9.17) is 9.47 Å². The molecule has 0 bridgehead atoms. The standard InChI is InChI=1S/C21H38N2O4/c1-15(2)13-18(19(24)26-17-10-6-7-11-17)22-16-9-8-12-23(14-16)20(25)27-21(3,4)5/h15-18,22H,6-14H2,1-5H3/t16?,18-/m1/s1. The average Bonchev–Trinajstić information content (AvgIpc) is 3.05. The fraction of sp³-hybridized carbons (Fsp3) is 0.905. The molecule has 2 atom stereocenters. The van der Waals surface area contributed by atoms with E-state index in [1.165, 1.54) is 0 Å². The van der Waals surface area contributed by atoms with Gasteiger partial charge in [0.2, 0.25) is 0 Å². The average molecular weight is 383 g/mol. The van der Waals surface area contributed by atoms with Crippen LogP contribution in [0.1, 0.15) is 79.6 Å². The highest BCUT2D eigenvalue weighted by Gasteiger charge is 2.32. The Kier molecular flexibility index (Phi) is 7.95. The van der Waals surface area contributed by atoms with E-state index in [1.807, 2.05) is 20.8 Å². The maximum atomic E-state index is 12.7. The van der Waals surface area contributed by atoms with Gasteiger partial charge in [-0.05, 0) is 71.6 Å². The minimum Gasteiger partial charge on any atom is -0.461 e. The van der Waals surface area contributed by atoms with Crippen LogP contribution >= 0.6 is 0 Å². The Labute approximate surface area is 164 Å². The fourth-order valence-electron chi connectivity index (χ4n) is 3.85. The van der Waals surface area contributed by atoms with Crippen molar-refractivity contribution in [2.75, 3.05) is 13.1 Å². The molecule has 1 saturated heterocycles. The summed E-state index contributed by atoms with van der Waals surface area (Å²) in [5, 5.41) is 3.48. The molecule has 27 heavy (non-hydrogen) atoms. The number of nitrogens with one attached hydrogen (secondary N) is 1. The van der Waals surface area contributed by atoms with Crippen LogP contribution in [-0.4, -0.2) is 53.8 Å². The number of rotatable bonds is 6. The topological polar surface area (TPSA) is 67.9 Å². The van der Waals surface area contributed by atoms with Crippen LogP contribution in [0.15, 0.2) is 0 Å². The first-order chi connectivity index (χ1) is 12.6. The van der Waals surface area contributed by atoms with Crippen molar-refractivity contribution in [3.63, 3.8) is 0 Å². The van der Waals surface area contributed by atoms with Gasteiger partial charge in [0.05, 0.1) is 0 Å². The summed E-state index contributed by atoms with van der Waals surface area (Å²) >= 11 is 0. The van der Waals surface area contributed by atoms with Gasteiger partial charge >= 0.3 is 12.1 Å². The van der Waals surface area contributed by atoms with Gasteiger partial charge in [0, 0.05) is 19.1 Å². The number of ether oxygens (including phenoxy) is 2. The van der Waals surface area contributed by atoms with Crippen molar-refractivity contribution in [2.45, 2.75) is 103 Å². The van der Waals surface area contributed by atoms with Gasteiger partial charge in [-0.3, -0.25) is 10.1 Å². The lowest BCUT2D eigenvalue weighted by Crippen LogP contribution is -2.54. The molecule has 1 aliphatic carbocycles. The SMILES string of the molecule is CC(C)C[C@@H](NC1CCCN(C(=O)OC(C)(C)C)C1)C(=O)OC1CCCC1. The number of hydrogen-bond donors (Lipinski definition) is 1. The highest BCUT2D eigenvalue weighted by molar-refractivity contribution is 5.76. The molecule has 0 aromatic heterocycles. The molecule has 2 rings (SSSR count). The number of hydrogen-bond acceptors (Lipinski definition) is 5. The minimum atomic E-state index is -0.497. The van der Waals surface area contributed by atoms with E-state index >= 15 is 0 Å². The van der Waals surface area contributed by atoms with Crippen LogP contribution in [0.3, 0.4) is 0 Å². The van der Waals surface area contributed by atoms with Gasteiger partial charge in [0.1, 0.15) is 17.7 Å². The number of carbonyl (C=O) groups is 2. The van der Waals surface area contributed by atoms with E-state index in [0.29, 0.717) is 19.0 Å². The lowest BCUT2D eigenvalue weighted by molar-refractivity contribution is -0.152. The normalized spacial score (nSPS) is 22.7. The molecule has 2 aliphatic rings. The molecule has 6 heteroatoms. The summed E-state index contributed by atoms with van der Waals surface area (Å²) in [6.45, 7) is 11.1. The van der Waals surface area contributed by atoms with Gasteiger partial charge in [-0.15, -0.1) is 0 Å². The summed E-state index contributed by atoms with van der Waals surface area (Å²) in [7, 11) is 0. The maximum Gasteiger partial charge on any atom is 0.410 e. The van der Waals surface area contributed by atoms with Crippen molar-refractivity contribution >= 4 is 12.1 Å². The molecular weight excluding hydrogens is 344 g/mol. The zero-order chi connectivity index (χ0) is 20.0. The van der Waals surface area contributed by atoms with Crippen LogP contribution in [0.25, 0.3) is 0 Å². The molecule has 0 aromatic carbocycles. The highest BCUT2D eigenvalue weighted by atomic mass is 16.6. The summed E-state index contributed by atoms with van der Waals surface area (Å²) in [4.78, 5) is 26.8. The second-order valence-electron chi connectivity index (χ2n) is 9.46. The van der Waals surface area contributed by atoms with E-state index in [2.05, 4.69) is 19.2 Å². The van der Waals surface area contributed by atoms with Crippen LogP contribution in [0, 0.1) is 5.92 Å². The molecule has 1 N–H and O–H groups in total. The number of esters is 1. The summed E-state index contributed by atoms with van der Waals surface area (Å²) in [5.74, 6) is 0.258. The Morgan fingerprint density at radius 2 is 1.78 bits per heavy atom. The second-order valence-corrected chi connectivity index (χ2v) is 9.46. The van der Waals surface area contributed by atoms with Gasteiger partial charge in [-0.1, -0.05) is 13.8 Å². The van der Waals surface area contributed by atoms with Crippen LogP contribution in [-0.2, 0) is 14.3 Å². The predicted molar refractivity (Wildman–Crippen MR) is 106 cm³/mol. The van der Waals surface area contributed by atoms with Crippen LogP contribution in [0.4, 0.5) is 4.79 Å². The van der Waals surface area contributed by atoms with E-state index < -0.39 is 5.60 Å². The number of nitrogens with zero attached hydrogens (tertiary/aromatic N) is 1. The van der Waals surface area contributed by atoms with Crippen molar-refractivity contribution in [1.29, 1.82) is 0 Å². The molecule has 0 aromatic rings. The summed E-state index contributed by atoms with van der Waals surface area (Å²) < 4.78 is 11.2. The minimum absolute atomic E-state index is 0.0820. The third-order valence-corrected chi connectivity index (χ3v) is 5.09. The molecule has 0 radical (unpaired) electrons. The van der Waals surface area contributed by atoms with Gasteiger partial charge in [-0.25, -0.2) is 4.79 Å². The summed E-state index contributed by atoms with van der Waals surface area (Å²) in [6, 6.07) is -0.222. The molecule has 1 heterocycles.